The third-order valence-electron chi connectivity index (χ3n) is 1.38. The molecule has 1 unspecified atom stereocenters. The Hall–Kier alpha value is -1.06. The topological polar surface area (TPSA) is 60.3 Å². The summed E-state index contributed by atoms with van der Waals surface area (Å²) in [5.41, 5.74) is 0. The first kappa shape index (κ1) is 7.05. The molecule has 1 heterocycles. The summed E-state index contributed by atoms with van der Waals surface area (Å²) < 4.78 is 0. The molecule has 0 bridgehead atoms. The fourth-order valence-corrected chi connectivity index (χ4v) is 0.905. The zero-order chi connectivity index (χ0) is 7.56. The number of nitrogens with one attached hydrogen (secondary N) is 1. The predicted molar refractivity (Wildman–Crippen MR) is 34.4 cm³/mol. The number of rotatable bonds is 2. The third kappa shape index (κ3) is 1.26. The van der Waals surface area contributed by atoms with Gasteiger partial charge in [0.2, 0.25) is 0 Å². The zero-order valence-corrected chi connectivity index (χ0v) is 5.76. The third-order valence-corrected chi connectivity index (χ3v) is 1.38. The molecular weight excluding hydrogens is 132 g/mol. The molecule has 0 aromatic rings. The van der Waals surface area contributed by atoms with Crippen molar-refractivity contribution in [3.05, 3.63) is 0 Å². The molecule has 0 saturated carbocycles. The van der Waals surface area contributed by atoms with E-state index < -0.39 is 6.03 Å². The van der Waals surface area contributed by atoms with Crippen molar-refractivity contribution in [2.45, 2.75) is 25.8 Å². The van der Waals surface area contributed by atoms with E-state index in [-0.39, 0.29) is 11.9 Å². The largest absolute Gasteiger partial charge is 0.344 e. The monoisotopic (exact) mass is 141 g/mol. The minimum Gasteiger partial charge on any atom is -0.324 e. The van der Waals surface area contributed by atoms with Crippen LogP contribution < -0.4 is 10.6 Å². The van der Waals surface area contributed by atoms with Crippen molar-refractivity contribution >= 4 is 11.9 Å². The first-order valence-electron chi connectivity index (χ1n) is 3.30. The van der Waals surface area contributed by atoms with Gasteiger partial charge in [0.25, 0.3) is 5.91 Å². The molecule has 1 rings (SSSR count). The first-order chi connectivity index (χ1) is 4.74. The van der Waals surface area contributed by atoms with Crippen molar-refractivity contribution in [3.63, 3.8) is 0 Å². The van der Waals surface area contributed by atoms with E-state index in [4.69, 9.17) is 0 Å². The lowest BCUT2D eigenvalue weighted by atomic mass is 10.2. The lowest BCUT2D eigenvalue weighted by Gasteiger charge is -2.01. The summed E-state index contributed by atoms with van der Waals surface area (Å²) >= 11 is 0. The summed E-state index contributed by atoms with van der Waals surface area (Å²) in [6, 6.07) is -0.846. The molecule has 1 saturated heterocycles. The van der Waals surface area contributed by atoms with Crippen LogP contribution in [0.3, 0.4) is 0 Å². The predicted octanol–water partition coefficient (Wildman–Crippen LogP) is 0.00930. The minimum absolute atomic E-state index is 0.327. The van der Waals surface area contributed by atoms with Gasteiger partial charge in [-0.2, -0.15) is 5.32 Å². The molecule has 0 spiro atoms. The maximum absolute atomic E-state index is 10.7. The Labute approximate surface area is 59.0 Å². The Morgan fingerprint density at radius 1 is 1.60 bits per heavy atom. The van der Waals surface area contributed by atoms with Gasteiger partial charge in [-0.05, 0) is 6.42 Å². The molecule has 0 aromatic carbocycles. The second kappa shape index (κ2) is 2.68. The summed E-state index contributed by atoms with van der Waals surface area (Å²) in [7, 11) is 0. The Bertz CT molecular complexity index is 167. The van der Waals surface area contributed by atoms with Gasteiger partial charge in [0, 0.05) is 0 Å². The van der Waals surface area contributed by atoms with Crippen LogP contribution in [0, 0.1) is 0 Å². The number of hydrogen-bond donors (Lipinski definition) is 1. The molecule has 0 aliphatic carbocycles. The average molecular weight is 141 g/mol. The lowest BCUT2D eigenvalue weighted by Crippen LogP contribution is -2.28. The summed E-state index contributed by atoms with van der Waals surface area (Å²) in [5.74, 6) is -0.327. The van der Waals surface area contributed by atoms with E-state index in [0.717, 1.165) is 6.42 Å². The lowest BCUT2D eigenvalue weighted by molar-refractivity contribution is -0.120. The van der Waals surface area contributed by atoms with Gasteiger partial charge in [-0.15, -0.1) is 0 Å². The molecule has 1 N–H and O–H groups in total. The van der Waals surface area contributed by atoms with Gasteiger partial charge in [-0.25, -0.2) is 4.79 Å². The van der Waals surface area contributed by atoms with Gasteiger partial charge in [0.15, 0.2) is 0 Å². The standard InChI is InChI=1S/C6H9N2O2/c1-2-3-4-5(9)8-6(10)7-4/h4H,2-3H2,1H3,(H,7,10). The quantitative estimate of drug-likeness (QED) is 0.550. The molecular formula is C6H9N2O2. The van der Waals surface area contributed by atoms with Gasteiger partial charge in [-0.3, -0.25) is 4.79 Å². The van der Waals surface area contributed by atoms with Crippen molar-refractivity contribution in [1.82, 2.24) is 10.6 Å². The van der Waals surface area contributed by atoms with E-state index in [0.29, 0.717) is 6.42 Å². The molecule has 1 aliphatic rings. The van der Waals surface area contributed by atoms with Crippen LogP contribution in [0.4, 0.5) is 4.79 Å². The fraction of sp³-hybridized carbons (Fsp3) is 0.667. The van der Waals surface area contributed by atoms with Crippen LogP contribution >= 0.6 is 0 Å². The Morgan fingerprint density at radius 3 is 2.70 bits per heavy atom. The van der Waals surface area contributed by atoms with Crippen LogP contribution in [0.1, 0.15) is 19.8 Å². The maximum Gasteiger partial charge on any atom is 0.344 e. The number of carbonyl (C=O) groups is 2. The van der Waals surface area contributed by atoms with E-state index in [9.17, 15) is 9.59 Å². The Balaban J connectivity index is 2.46. The van der Waals surface area contributed by atoms with Gasteiger partial charge >= 0.3 is 6.03 Å². The number of amides is 3. The van der Waals surface area contributed by atoms with Gasteiger partial charge in [0.1, 0.15) is 6.04 Å². The molecule has 55 valence electrons. The SMILES string of the molecule is CCCC1NC(=O)[N]C1=O. The highest BCUT2D eigenvalue weighted by Gasteiger charge is 2.30. The second-order valence-electron chi connectivity index (χ2n) is 2.24. The van der Waals surface area contributed by atoms with Crippen molar-refractivity contribution in [1.29, 1.82) is 0 Å². The fourth-order valence-electron chi connectivity index (χ4n) is 0.905. The van der Waals surface area contributed by atoms with E-state index in [2.05, 4.69) is 10.6 Å². The molecule has 0 aromatic heterocycles. The summed E-state index contributed by atoms with van der Waals surface area (Å²) in [5, 5.41) is 5.65. The molecule has 1 atom stereocenters. The second-order valence-corrected chi connectivity index (χ2v) is 2.24. The molecule has 10 heavy (non-hydrogen) atoms. The molecule has 1 aliphatic heterocycles. The number of carbonyl (C=O) groups excluding carboxylic acids is 2. The van der Waals surface area contributed by atoms with Crippen molar-refractivity contribution < 1.29 is 9.59 Å². The molecule has 4 heteroatoms. The van der Waals surface area contributed by atoms with Crippen LogP contribution in [-0.2, 0) is 4.79 Å². The molecule has 1 fully saturated rings. The van der Waals surface area contributed by atoms with Crippen molar-refractivity contribution in [2.75, 3.05) is 0 Å². The first-order valence-corrected chi connectivity index (χ1v) is 3.30. The van der Waals surface area contributed by atoms with Crippen LogP contribution in [0.5, 0.6) is 0 Å². The van der Waals surface area contributed by atoms with E-state index >= 15 is 0 Å². The summed E-state index contributed by atoms with van der Waals surface area (Å²) in [4.78, 5) is 21.2. The number of hydrogen-bond acceptors (Lipinski definition) is 2. The molecule has 1 radical (unpaired) electrons. The van der Waals surface area contributed by atoms with Crippen molar-refractivity contribution in [2.24, 2.45) is 0 Å². The molecule has 4 nitrogen and oxygen atoms in total. The number of nitrogens with zero attached hydrogens (tertiary/aromatic N) is 1. The van der Waals surface area contributed by atoms with Gasteiger partial charge < -0.3 is 5.32 Å². The van der Waals surface area contributed by atoms with E-state index in [1.807, 2.05) is 6.92 Å². The highest BCUT2D eigenvalue weighted by Crippen LogP contribution is 2.01. The Morgan fingerprint density at radius 2 is 2.30 bits per heavy atom. The Kier molecular flexibility index (Phi) is 1.89. The van der Waals surface area contributed by atoms with Gasteiger partial charge in [0.05, 0.1) is 0 Å². The number of imide groups is 1. The van der Waals surface area contributed by atoms with E-state index in [1.54, 1.807) is 0 Å². The van der Waals surface area contributed by atoms with Crippen LogP contribution in [0.15, 0.2) is 0 Å². The van der Waals surface area contributed by atoms with Crippen molar-refractivity contribution in [3.8, 4) is 0 Å². The summed E-state index contributed by atoms with van der Waals surface area (Å²) in [6.07, 6.45) is 1.57. The smallest absolute Gasteiger partial charge is 0.324 e. The number of urea groups is 1. The van der Waals surface area contributed by atoms with Crippen LogP contribution in [0.2, 0.25) is 0 Å². The highest BCUT2D eigenvalue weighted by atomic mass is 16.2. The maximum atomic E-state index is 10.7. The highest BCUT2D eigenvalue weighted by molar-refractivity contribution is 6.03. The van der Waals surface area contributed by atoms with Gasteiger partial charge in [-0.1, -0.05) is 13.3 Å². The van der Waals surface area contributed by atoms with Crippen LogP contribution in [-0.4, -0.2) is 18.0 Å². The van der Waals surface area contributed by atoms with E-state index in [1.165, 1.54) is 0 Å². The minimum atomic E-state index is -0.497. The van der Waals surface area contributed by atoms with Crippen LogP contribution in [0.25, 0.3) is 0 Å². The average Bonchev–Trinajstić information content (AvgIpc) is 2.13. The summed E-state index contributed by atoms with van der Waals surface area (Å²) in [6.45, 7) is 1.96. The normalized spacial score (nSPS) is 24.3. The molecule has 3 amide bonds. The zero-order valence-electron chi connectivity index (χ0n) is 5.76.